The van der Waals surface area contributed by atoms with Crippen LogP contribution in [0.2, 0.25) is 0 Å². The van der Waals surface area contributed by atoms with Gasteiger partial charge in [0.25, 0.3) is 5.56 Å². The predicted molar refractivity (Wildman–Crippen MR) is 71.0 cm³/mol. The lowest BCUT2D eigenvalue weighted by molar-refractivity contribution is 0.0696. The maximum Gasteiger partial charge on any atom is 0.337 e. The molecule has 2 rings (SSSR count). The summed E-state index contributed by atoms with van der Waals surface area (Å²) in [5.41, 5.74) is 0.651. The molecule has 19 heavy (non-hydrogen) atoms. The van der Waals surface area contributed by atoms with Crippen LogP contribution >= 0.6 is 0 Å². The molecule has 0 aliphatic rings. The van der Waals surface area contributed by atoms with Crippen molar-refractivity contribution in [1.29, 1.82) is 0 Å². The van der Waals surface area contributed by atoms with E-state index in [0.717, 1.165) is 5.56 Å². The van der Waals surface area contributed by atoms with E-state index < -0.39 is 5.97 Å². The third kappa shape index (κ3) is 3.33. The highest BCUT2D eigenvalue weighted by Crippen LogP contribution is 1.97. The highest BCUT2D eigenvalue weighted by molar-refractivity contribution is 5.87. The van der Waals surface area contributed by atoms with Crippen molar-refractivity contribution < 1.29 is 9.90 Å². The average molecular weight is 253 g/mol. The number of carboxylic acids is 1. The molecule has 0 unspecified atom stereocenters. The third-order valence-electron chi connectivity index (χ3n) is 2.49. The molecule has 1 heterocycles. The Balaban J connectivity index is 2.21. The Kier molecular flexibility index (Phi) is 3.79. The summed E-state index contributed by atoms with van der Waals surface area (Å²) >= 11 is 0. The highest BCUT2D eigenvalue weighted by Gasteiger charge is 2.03. The van der Waals surface area contributed by atoms with Gasteiger partial charge >= 0.3 is 5.97 Å². The number of rotatable bonds is 2. The molecule has 4 heteroatoms. The van der Waals surface area contributed by atoms with Gasteiger partial charge < -0.3 is 9.67 Å². The number of benzene rings is 1. The second kappa shape index (κ2) is 5.69. The summed E-state index contributed by atoms with van der Waals surface area (Å²) in [5.74, 6) is 4.69. The molecule has 2 aromatic rings. The Labute approximate surface area is 109 Å². The molecule has 0 fully saturated rings. The van der Waals surface area contributed by atoms with Gasteiger partial charge in [0.1, 0.15) is 0 Å². The summed E-state index contributed by atoms with van der Waals surface area (Å²) in [6, 6.07) is 11.9. The van der Waals surface area contributed by atoms with Gasteiger partial charge in [-0.15, -0.1) is 0 Å². The van der Waals surface area contributed by atoms with E-state index in [9.17, 15) is 9.59 Å². The first-order valence-corrected chi connectivity index (χ1v) is 5.64. The van der Waals surface area contributed by atoms with Crippen LogP contribution in [-0.2, 0) is 6.54 Å². The SMILES string of the molecule is O=C(O)c1ccc(=O)n(CC#Cc2ccccc2)c1. The Morgan fingerprint density at radius 2 is 1.89 bits per heavy atom. The molecule has 0 radical (unpaired) electrons. The molecule has 0 saturated carbocycles. The molecule has 0 atom stereocenters. The number of hydrogen-bond acceptors (Lipinski definition) is 2. The van der Waals surface area contributed by atoms with Gasteiger partial charge in [0.05, 0.1) is 12.1 Å². The molecule has 0 aliphatic carbocycles. The van der Waals surface area contributed by atoms with Crippen LogP contribution in [0.1, 0.15) is 15.9 Å². The van der Waals surface area contributed by atoms with Crippen molar-refractivity contribution in [2.45, 2.75) is 6.54 Å². The van der Waals surface area contributed by atoms with Crippen molar-refractivity contribution >= 4 is 5.97 Å². The van der Waals surface area contributed by atoms with Gasteiger partial charge in [0, 0.05) is 17.8 Å². The van der Waals surface area contributed by atoms with E-state index in [1.165, 1.54) is 22.9 Å². The van der Waals surface area contributed by atoms with Crippen LogP contribution < -0.4 is 5.56 Å². The van der Waals surface area contributed by atoms with Gasteiger partial charge in [-0.05, 0) is 18.2 Å². The molecule has 1 aromatic heterocycles. The minimum Gasteiger partial charge on any atom is -0.478 e. The van der Waals surface area contributed by atoms with Crippen molar-refractivity contribution in [2.24, 2.45) is 0 Å². The van der Waals surface area contributed by atoms with Crippen molar-refractivity contribution in [3.8, 4) is 11.8 Å². The number of carbonyl (C=O) groups is 1. The van der Waals surface area contributed by atoms with E-state index in [1.807, 2.05) is 30.3 Å². The minimum absolute atomic E-state index is 0.0705. The Morgan fingerprint density at radius 3 is 2.58 bits per heavy atom. The molecule has 0 saturated heterocycles. The number of nitrogens with zero attached hydrogens (tertiary/aromatic N) is 1. The maximum atomic E-state index is 11.5. The van der Waals surface area contributed by atoms with E-state index in [-0.39, 0.29) is 17.7 Å². The summed E-state index contributed by atoms with van der Waals surface area (Å²) in [5, 5.41) is 8.85. The van der Waals surface area contributed by atoms with Crippen molar-refractivity contribution in [1.82, 2.24) is 4.57 Å². The zero-order valence-corrected chi connectivity index (χ0v) is 10.0. The van der Waals surface area contributed by atoms with E-state index in [0.29, 0.717) is 0 Å². The van der Waals surface area contributed by atoms with Crippen LogP contribution in [-0.4, -0.2) is 15.6 Å². The number of aromatic nitrogens is 1. The van der Waals surface area contributed by atoms with Crippen LogP contribution in [0.3, 0.4) is 0 Å². The van der Waals surface area contributed by atoms with E-state index >= 15 is 0 Å². The fourth-order valence-corrected chi connectivity index (χ4v) is 1.53. The second-order valence-corrected chi connectivity index (χ2v) is 3.86. The third-order valence-corrected chi connectivity index (χ3v) is 2.49. The first-order chi connectivity index (χ1) is 9.16. The number of hydrogen-bond donors (Lipinski definition) is 1. The molecule has 4 nitrogen and oxygen atoms in total. The van der Waals surface area contributed by atoms with E-state index in [4.69, 9.17) is 5.11 Å². The summed E-state index contributed by atoms with van der Waals surface area (Å²) in [6.07, 6.45) is 1.30. The first-order valence-electron chi connectivity index (χ1n) is 5.64. The Morgan fingerprint density at radius 1 is 1.16 bits per heavy atom. The van der Waals surface area contributed by atoms with E-state index in [2.05, 4.69) is 11.8 Å². The van der Waals surface area contributed by atoms with Gasteiger partial charge in [-0.25, -0.2) is 4.79 Å². The van der Waals surface area contributed by atoms with Gasteiger partial charge in [-0.3, -0.25) is 4.79 Å². The van der Waals surface area contributed by atoms with Crippen LogP contribution in [0.15, 0.2) is 53.5 Å². The van der Waals surface area contributed by atoms with Crippen LogP contribution in [0.4, 0.5) is 0 Å². The van der Waals surface area contributed by atoms with Crippen molar-refractivity contribution in [2.75, 3.05) is 0 Å². The topological polar surface area (TPSA) is 59.3 Å². The summed E-state index contributed by atoms with van der Waals surface area (Å²) in [7, 11) is 0. The molecular weight excluding hydrogens is 242 g/mol. The standard InChI is InChI=1S/C15H11NO3/c17-14-9-8-13(15(18)19)11-16(14)10-4-7-12-5-2-1-3-6-12/h1-3,5-6,8-9,11H,10H2,(H,18,19). The quantitative estimate of drug-likeness (QED) is 0.827. The lowest BCUT2D eigenvalue weighted by Gasteiger charge is -2.01. The van der Waals surface area contributed by atoms with Gasteiger partial charge in [-0.1, -0.05) is 30.0 Å². The number of aromatic carboxylic acids is 1. The molecule has 0 spiro atoms. The van der Waals surface area contributed by atoms with Crippen LogP contribution in [0.25, 0.3) is 0 Å². The highest BCUT2D eigenvalue weighted by atomic mass is 16.4. The molecular formula is C15H11NO3. The second-order valence-electron chi connectivity index (χ2n) is 3.86. The van der Waals surface area contributed by atoms with Gasteiger partial charge in [-0.2, -0.15) is 0 Å². The Hall–Kier alpha value is -2.80. The zero-order valence-electron chi connectivity index (χ0n) is 10.0. The van der Waals surface area contributed by atoms with Crippen molar-refractivity contribution in [3.05, 3.63) is 70.1 Å². The van der Waals surface area contributed by atoms with Gasteiger partial charge in [0.2, 0.25) is 0 Å². The summed E-state index contributed by atoms with van der Waals surface area (Å²) in [6.45, 7) is 0.162. The van der Waals surface area contributed by atoms with Gasteiger partial charge in [0.15, 0.2) is 0 Å². The zero-order chi connectivity index (χ0) is 13.7. The number of carboxylic acid groups (broad SMARTS) is 1. The predicted octanol–water partition coefficient (Wildman–Crippen LogP) is 1.60. The minimum atomic E-state index is -1.07. The van der Waals surface area contributed by atoms with Crippen LogP contribution in [0.5, 0.6) is 0 Å². The lowest BCUT2D eigenvalue weighted by Crippen LogP contribution is -2.19. The fraction of sp³-hybridized carbons (Fsp3) is 0.0667. The molecule has 94 valence electrons. The first kappa shape index (κ1) is 12.7. The molecule has 1 N–H and O–H groups in total. The molecule has 0 amide bonds. The maximum absolute atomic E-state index is 11.5. The molecule has 1 aromatic carbocycles. The normalized spacial score (nSPS) is 9.47. The fourth-order valence-electron chi connectivity index (χ4n) is 1.53. The Bertz CT molecular complexity index is 705. The molecule has 0 aliphatic heterocycles. The monoisotopic (exact) mass is 253 g/mol. The number of pyridine rings is 1. The van der Waals surface area contributed by atoms with Crippen molar-refractivity contribution in [3.63, 3.8) is 0 Å². The largest absolute Gasteiger partial charge is 0.478 e. The summed E-state index contributed by atoms with van der Waals surface area (Å²) < 4.78 is 1.28. The van der Waals surface area contributed by atoms with Crippen LogP contribution in [0, 0.1) is 11.8 Å². The summed E-state index contributed by atoms with van der Waals surface area (Å²) in [4.78, 5) is 22.3. The molecule has 0 bridgehead atoms. The smallest absolute Gasteiger partial charge is 0.337 e. The lowest BCUT2D eigenvalue weighted by atomic mass is 10.2. The average Bonchev–Trinajstić information content (AvgIpc) is 2.42. The van der Waals surface area contributed by atoms with E-state index in [1.54, 1.807) is 0 Å².